The van der Waals surface area contributed by atoms with Crippen LogP contribution in [0.4, 0.5) is 0 Å². The summed E-state index contributed by atoms with van der Waals surface area (Å²) in [5.41, 5.74) is 1.53. The Labute approximate surface area is 167 Å². The Hall–Kier alpha value is -3.13. The zero-order chi connectivity index (χ0) is 20.2. The van der Waals surface area contributed by atoms with Gasteiger partial charge in [0.2, 0.25) is 6.79 Å². The van der Waals surface area contributed by atoms with Crippen LogP contribution in [0.3, 0.4) is 0 Å². The Morgan fingerprint density at radius 2 is 1.76 bits per heavy atom. The van der Waals surface area contributed by atoms with Crippen molar-refractivity contribution >= 4 is 5.97 Å². The summed E-state index contributed by atoms with van der Waals surface area (Å²) in [5, 5.41) is 0. The molecule has 8 nitrogen and oxygen atoms in total. The van der Waals surface area contributed by atoms with Gasteiger partial charge in [-0.15, -0.1) is 0 Å². The first-order valence-electron chi connectivity index (χ1n) is 9.17. The molecule has 0 radical (unpaired) electrons. The smallest absolute Gasteiger partial charge is 0.317 e. The lowest BCUT2D eigenvalue weighted by molar-refractivity contribution is -0.195. The van der Waals surface area contributed by atoms with Crippen LogP contribution in [0.25, 0.3) is 0 Å². The molecule has 3 aliphatic heterocycles. The van der Waals surface area contributed by atoms with Gasteiger partial charge < -0.3 is 33.2 Å². The highest BCUT2D eigenvalue weighted by Gasteiger charge is 2.61. The number of ether oxygens (including phenoxy) is 7. The van der Waals surface area contributed by atoms with Crippen molar-refractivity contribution in [3.63, 3.8) is 0 Å². The highest BCUT2D eigenvalue weighted by atomic mass is 16.7. The lowest BCUT2D eigenvalue weighted by Crippen LogP contribution is -2.51. The highest BCUT2D eigenvalue weighted by Crippen LogP contribution is 2.56. The van der Waals surface area contributed by atoms with Crippen molar-refractivity contribution in [1.82, 2.24) is 0 Å². The summed E-state index contributed by atoms with van der Waals surface area (Å²) >= 11 is 0. The van der Waals surface area contributed by atoms with Crippen LogP contribution in [-0.2, 0) is 14.3 Å². The normalized spacial score (nSPS) is 26.2. The van der Waals surface area contributed by atoms with Crippen LogP contribution in [0.2, 0.25) is 0 Å². The Balaban J connectivity index is 1.78. The van der Waals surface area contributed by atoms with Crippen molar-refractivity contribution in [3.8, 4) is 28.7 Å². The van der Waals surface area contributed by atoms with Gasteiger partial charge in [-0.1, -0.05) is 12.1 Å². The molecule has 8 heteroatoms. The van der Waals surface area contributed by atoms with Gasteiger partial charge in [0.05, 0.1) is 14.2 Å². The van der Waals surface area contributed by atoms with Gasteiger partial charge in [-0.05, 0) is 12.1 Å². The zero-order valence-corrected chi connectivity index (χ0v) is 16.2. The minimum Gasteiger partial charge on any atom is -0.493 e. The second-order valence-corrected chi connectivity index (χ2v) is 7.01. The largest absolute Gasteiger partial charge is 0.493 e. The number of para-hydroxylation sites is 1. The molecule has 3 aliphatic rings. The van der Waals surface area contributed by atoms with E-state index in [1.165, 1.54) is 7.11 Å². The fourth-order valence-electron chi connectivity index (χ4n) is 4.38. The van der Waals surface area contributed by atoms with Gasteiger partial charge in [0.1, 0.15) is 11.7 Å². The first-order chi connectivity index (χ1) is 14.1. The second-order valence-electron chi connectivity index (χ2n) is 7.01. The van der Waals surface area contributed by atoms with E-state index in [1.54, 1.807) is 26.4 Å². The predicted molar refractivity (Wildman–Crippen MR) is 98.8 cm³/mol. The molecule has 3 heterocycles. The molecule has 2 aromatic rings. The maximum Gasteiger partial charge on any atom is 0.317 e. The van der Waals surface area contributed by atoms with Crippen LogP contribution in [0.15, 0.2) is 30.3 Å². The molecule has 0 N–H and O–H groups in total. The number of esters is 1. The SMILES string of the molecule is COc1cccc(C2c3cc4c(cc3OC3(OC)COC(=O)C23)OCO4)c1OC. The van der Waals surface area contributed by atoms with E-state index in [9.17, 15) is 4.79 Å². The average Bonchev–Trinajstić information content (AvgIpc) is 3.34. The standard InChI is InChI=1S/C21H20O8/c1-23-13-6-4-5-11(19(13)24-2)17-12-7-15-16(28-10-27-15)8-14(12)29-21(25-3)9-26-20(22)18(17)21/h4-8,17-18H,9-10H2,1-3H3. The Morgan fingerprint density at radius 1 is 0.966 bits per heavy atom. The molecule has 0 aromatic heterocycles. The summed E-state index contributed by atoms with van der Waals surface area (Å²) in [7, 11) is 4.64. The van der Waals surface area contributed by atoms with E-state index in [4.69, 9.17) is 33.2 Å². The Bertz CT molecular complexity index is 987. The molecule has 0 amide bonds. The van der Waals surface area contributed by atoms with Crippen molar-refractivity contribution < 1.29 is 38.0 Å². The minimum absolute atomic E-state index is 0.0103. The minimum atomic E-state index is -1.25. The first-order valence-corrected chi connectivity index (χ1v) is 9.17. The van der Waals surface area contributed by atoms with E-state index in [-0.39, 0.29) is 13.4 Å². The first kappa shape index (κ1) is 17.9. The number of cyclic esters (lactones) is 1. The van der Waals surface area contributed by atoms with Gasteiger partial charge in [0, 0.05) is 30.2 Å². The summed E-state index contributed by atoms with van der Waals surface area (Å²) in [6, 6.07) is 9.16. The van der Waals surface area contributed by atoms with Crippen molar-refractivity contribution in [1.29, 1.82) is 0 Å². The zero-order valence-electron chi connectivity index (χ0n) is 16.2. The quantitative estimate of drug-likeness (QED) is 0.724. The van der Waals surface area contributed by atoms with Crippen LogP contribution in [-0.4, -0.2) is 46.5 Å². The predicted octanol–water partition coefficient (Wildman–Crippen LogP) is 2.47. The molecule has 3 unspecified atom stereocenters. The lowest BCUT2D eigenvalue weighted by Gasteiger charge is -2.41. The van der Waals surface area contributed by atoms with Crippen LogP contribution < -0.4 is 23.7 Å². The lowest BCUT2D eigenvalue weighted by atomic mass is 9.74. The van der Waals surface area contributed by atoms with E-state index in [0.717, 1.165) is 11.1 Å². The van der Waals surface area contributed by atoms with E-state index in [1.807, 2.05) is 18.2 Å². The molecule has 3 atom stereocenters. The fraction of sp³-hybridized carbons (Fsp3) is 0.381. The molecule has 152 valence electrons. The van der Waals surface area contributed by atoms with Crippen LogP contribution in [0.1, 0.15) is 17.0 Å². The third-order valence-corrected chi connectivity index (χ3v) is 5.71. The topological polar surface area (TPSA) is 81.7 Å². The van der Waals surface area contributed by atoms with Crippen molar-refractivity contribution in [2.24, 2.45) is 5.92 Å². The van der Waals surface area contributed by atoms with Gasteiger partial charge in [-0.2, -0.15) is 0 Å². The summed E-state index contributed by atoms with van der Waals surface area (Å²) in [6.45, 7) is 0.121. The van der Waals surface area contributed by atoms with Crippen LogP contribution in [0, 0.1) is 5.92 Å². The number of fused-ring (bicyclic) bond motifs is 3. The van der Waals surface area contributed by atoms with E-state index >= 15 is 0 Å². The van der Waals surface area contributed by atoms with Crippen LogP contribution in [0.5, 0.6) is 28.7 Å². The number of hydrogen-bond acceptors (Lipinski definition) is 8. The van der Waals surface area contributed by atoms with E-state index in [0.29, 0.717) is 28.7 Å². The maximum atomic E-state index is 12.8. The number of rotatable bonds is 4. The number of benzene rings is 2. The average molecular weight is 400 g/mol. The third-order valence-electron chi connectivity index (χ3n) is 5.71. The summed E-state index contributed by atoms with van der Waals surface area (Å²) in [4.78, 5) is 12.8. The number of carbonyl (C=O) groups excluding carboxylic acids is 1. The van der Waals surface area contributed by atoms with Crippen molar-refractivity contribution in [2.45, 2.75) is 11.7 Å². The fourth-order valence-corrected chi connectivity index (χ4v) is 4.38. The van der Waals surface area contributed by atoms with Gasteiger partial charge in [-0.25, -0.2) is 0 Å². The summed E-state index contributed by atoms with van der Waals surface area (Å²) in [6.07, 6.45) is 0. The van der Waals surface area contributed by atoms with E-state index < -0.39 is 23.6 Å². The molecule has 0 saturated carbocycles. The molecule has 2 aromatic carbocycles. The molecule has 29 heavy (non-hydrogen) atoms. The molecule has 1 fully saturated rings. The molecule has 0 spiro atoms. The Kier molecular flexibility index (Phi) is 3.99. The maximum absolute atomic E-state index is 12.8. The molecule has 0 bridgehead atoms. The second kappa shape index (κ2) is 6.45. The summed E-state index contributed by atoms with van der Waals surface area (Å²) < 4.78 is 39.5. The molecular weight excluding hydrogens is 380 g/mol. The molecule has 1 saturated heterocycles. The molecule has 5 rings (SSSR count). The number of carbonyl (C=O) groups is 1. The van der Waals surface area contributed by atoms with Gasteiger partial charge >= 0.3 is 5.97 Å². The molecule has 0 aliphatic carbocycles. The number of methoxy groups -OCH3 is 3. The number of hydrogen-bond donors (Lipinski definition) is 0. The Morgan fingerprint density at radius 3 is 2.48 bits per heavy atom. The van der Waals surface area contributed by atoms with Crippen LogP contribution >= 0.6 is 0 Å². The van der Waals surface area contributed by atoms with Gasteiger partial charge in [0.25, 0.3) is 5.79 Å². The van der Waals surface area contributed by atoms with Gasteiger partial charge in [-0.3, -0.25) is 4.79 Å². The highest BCUT2D eigenvalue weighted by molar-refractivity contribution is 5.80. The van der Waals surface area contributed by atoms with E-state index in [2.05, 4.69) is 0 Å². The third kappa shape index (κ3) is 2.45. The monoisotopic (exact) mass is 400 g/mol. The van der Waals surface area contributed by atoms with Crippen molar-refractivity contribution in [3.05, 3.63) is 41.5 Å². The van der Waals surface area contributed by atoms with Crippen molar-refractivity contribution in [2.75, 3.05) is 34.7 Å². The summed E-state index contributed by atoms with van der Waals surface area (Å²) in [5.74, 6) is -0.0367. The molecular formula is C21H20O8. The van der Waals surface area contributed by atoms with Gasteiger partial charge in [0.15, 0.2) is 29.6 Å².